The summed E-state index contributed by atoms with van der Waals surface area (Å²) in [5.74, 6) is -0.149. The van der Waals surface area contributed by atoms with Gasteiger partial charge in [0, 0.05) is 0 Å². The van der Waals surface area contributed by atoms with Gasteiger partial charge < -0.3 is 10.5 Å². The molecule has 6 heteroatoms. The Morgan fingerprint density at radius 3 is 2.46 bits per heavy atom. The summed E-state index contributed by atoms with van der Waals surface area (Å²) in [6.45, 7) is 0.351. The molecule has 0 saturated carbocycles. The number of hydrogen-bond donors (Lipinski definition) is 1. The zero-order chi connectivity index (χ0) is 17.5. The Bertz CT molecular complexity index is 875. The molecule has 2 aromatic rings. The molecule has 2 rings (SSSR count). The fourth-order valence-corrected chi connectivity index (χ4v) is 2.40. The maximum atomic E-state index is 11.1. The predicted octanol–water partition coefficient (Wildman–Crippen LogP) is 3.29. The minimum atomic E-state index is -0.769. The summed E-state index contributed by atoms with van der Waals surface area (Å²) in [6.07, 6.45) is 1.41. The third-order valence-corrected chi connectivity index (χ3v) is 3.75. The van der Waals surface area contributed by atoms with Crippen LogP contribution in [-0.4, -0.2) is 5.91 Å². The third-order valence-electron chi connectivity index (χ3n) is 3.13. The first-order valence-electron chi connectivity index (χ1n) is 6.86. The Hall–Kier alpha value is -3.09. The summed E-state index contributed by atoms with van der Waals surface area (Å²) >= 11 is 3.40. The highest BCUT2D eigenvalue weighted by Crippen LogP contribution is 2.27. The van der Waals surface area contributed by atoms with Crippen LogP contribution in [0.2, 0.25) is 0 Å². The van der Waals surface area contributed by atoms with Crippen LogP contribution in [0.1, 0.15) is 16.7 Å². The molecule has 0 aliphatic carbocycles. The van der Waals surface area contributed by atoms with Crippen molar-refractivity contribution in [3.05, 3.63) is 69.2 Å². The number of ether oxygens (including phenoxy) is 1. The van der Waals surface area contributed by atoms with Crippen molar-refractivity contribution in [3.63, 3.8) is 0 Å². The van der Waals surface area contributed by atoms with E-state index in [0.29, 0.717) is 28.0 Å². The van der Waals surface area contributed by atoms with Gasteiger partial charge in [-0.25, -0.2) is 0 Å². The Morgan fingerprint density at radius 2 is 1.92 bits per heavy atom. The van der Waals surface area contributed by atoms with Crippen molar-refractivity contribution < 1.29 is 9.53 Å². The zero-order valence-electron chi connectivity index (χ0n) is 12.5. The number of rotatable bonds is 5. The molecule has 24 heavy (non-hydrogen) atoms. The van der Waals surface area contributed by atoms with E-state index in [1.165, 1.54) is 6.08 Å². The minimum absolute atomic E-state index is 0.117. The number of carbonyl (C=O) groups excluding carboxylic acids is 1. The van der Waals surface area contributed by atoms with Crippen LogP contribution in [-0.2, 0) is 11.4 Å². The van der Waals surface area contributed by atoms with E-state index in [4.69, 9.17) is 21.0 Å². The molecule has 2 N–H and O–H groups in total. The fraction of sp³-hybridized carbons (Fsp3) is 0.0556. The molecule has 0 radical (unpaired) electrons. The van der Waals surface area contributed by atoms with Gasteiger partial charge in [0.25, 0.3) is 5.91 Å². The molecule has 0 bridgehead atoms. The Labute approximate surface area is 147 Å². The van der Waals surface area contributed by atoms with E-state index in [-0.39, 0.29) is 5.57 Å². The number of primary amides is 1. The monoisotopic (exact) mass is 381 g/mol. The van der Waals surface area contributed by atoms with Gasteiger partial charge in [0.05, 0.1) is 16.1 Å². The zero-order valence-corrected chi connectivity index (χ0v) is 14.1. The quantitative estimate of drug-likeness (QED) is 0.634. The summed E-state index contributed by atoms with van der Waals surface area (Å²) in [5.41, 5.74) is 7.18. The van der Waals surface area contributed by atoms with Crippen molar-refractivity contribution in [2.45, 2.75) is 6.61 Å². The summed E-state index contributed by atoms with van der Waals surface area (Å²) in [7, 11) is 0. The van der Waals surface area contributed by atoms with Crippen molar-refractivity contribution in [2.75, 3.05) is 0 Å². The van der Waals surface area contributed by atoms with Crippen LogP contribution in [0.5, 0.6) is 5.75 Å². The highest BCUT2D eigenvalue weighted by atomic mass is 79.9. The Balaban J connectivity index is 2.11. The first-order chi connectivity index (χ1) is 11.5. The molecule has 2 aromatic carbocycles. The molecule has 0 heterocycles. The van der Waals surface area contributed by atoms with Crippen LogP contribution in [0.15, 0.2) is 52.5 Å². The second-order valence-electron chi connectivity index (χ2n) is 4.82. The lowest BCUT2D eigenvalue weighted by molar-refractivity contribution is -0.114. The molecule has 0 aliphatic heterocycles. The fourth-order valence-electron chi connectivity index (χ4n) is 1.89. The molecule has 0 fully saturated rings. The van der Waals surface area contributed by atoms with Gasteiger partial charge in [-0.2, -0.15) is 10.5 Å². The smallest absolute Gasteiger partial charge is 0.259 e. The lowest BCUT2D eigenvalue weighted by Gasteiger charge is -2.09. The van der Waals surface area contributed by atoms with Crippen molar-refractivity contribution in [2.24, 2.45) is 5.73 Å². The van der Waals surface area contributed by atoms with Gasteiger partial charge in [0.1, 0.15) is 24.0 Å². The van der Waals surface area contributed by atoms with E-state index in [9.17, 15) is 4.79 Å². The van der Waals surface area contributed by atoms with Crippen LogP contribution in [0.25, 0.3) is 6.08 Å². The summed E-state index contributed by atoms with van der Waals surface area (Å²) in [5, 5.41) is 17.6. The van der Waals surface area contributed by atoms with Gasteiger partial charge in [-0.3, -0.25) is 4.79 Å². The lowest BCUT2D eigenvalue weighted by Crippen LogP contribution is -2.12. The molecule has 0 unspecified atom stereocenters. The van der Waals surface area contributed by atoms with Crippen LogP contribution in [0, 0.1) is 22.7 Å². The SMILES string of the molecule is N#C/C(=C\c1ccc(OCc2ccc(C#N)cc2)c(Br)c1)C(N)=O. The second-order valence-corrected chi connectivity index (χ2v) is 5.68. The molecule has 0 aliphatic rings. The summed E-state index contributed by atoms with van der Waals surface area (Å²) in [6, 6.07) is 16.1. The van der Waals surface area contributed by atoms with Crippen LogP contribution >= 0.6 is 15.9 Å². The van der Waals surface area contributed by atoms with Gasteiger partial charge in [-0.05, 0) is 57.4 Å². The molecule has 0 saturated heterocycles. The summed E-state index contributed by atoms with van der Waals surface area (Å²) < 4.78 is 6.41. The highest BCUT2D eigenvalue weighted by Gasteiger charge is 2.06. The van der Waals surface area contributed by atoms with E-state index in [1.807, 2.05) is 12.1 Å². The third kappa shape index (κ3) is 4.45. The average molecular weight is 382 g/mol. The molecule has 0 spiro atoms. The molecule has 1 amide bonds. The minimum Gasteiger partial charge on any atom is -0.488 e. The van der Waals surface area contributed by atoms with Crippen LogP contribution in [0.4, 0.5) is 0 Å². The number of nitriles is 2. The number of halogens is 1. The normalized spacial score (nSPS) is 10.5. The predicted molar refractivity (Wildman–Crippen MR) is 92.4 cm³/mol. The van der Waals surface area contributed by atoms with Gasteiger partial charge in [-0.1, -0.05) is 18.2 Å². The maximum absolute atomic E-state index is 11.1. The van der Waals surface area contributed by atoms with Crippen molar-refractivity contribution in [1.82, 2.24) is 0 Å². The molecule has 0 atom stereocenters. The van der Waals surface area contributed by atoms with Gasteiger partial charge in [0.2, 0.25) is 0 Å². The van der Waals surface area contributed by atoms with E-state index in [0.717, 1.165) is 5.56 Å². The number of benzene rings is 2. The first kappa shape index (κ1) is 17.3. The largest absolute Gasteiger partial charge is 0.488 e. The summed E-state index contributed by atoms with van der Waals surface area (Å²) in [4.78, 5) is 11.1. The average Bonchev–Trinajstić information content (AvgIpc) is 2.59. The Morgan fingerprint density at radius 1 is 1.21 bits per heavy atom. The number of nitrogens with two attached hydrogens (primary N) is 1. The highest BCUT2D eigenvalue weighted by molar-refractivity contribution is 9.10. The molecular formula is C18H12BrN3O2. The molecule has 5 nitrogen and oxygen atoms in total. The van der Waals surface area contributed by atoms with Crippen molar-refractivity contribution >= 4 is 27.9 Å². The molecule has 118 valence electrons. The van der Waals surface area contributed by atoms with Crippen LogP contribution < -0.4 is 10.5 Å². The van der Waals surface area contributed by atoms with E-state index < -0.39 is 5.91 Å². The second kappa shape index (κ2) is 7.96. The van der Waals surface area contributed by atoms with Crippen molar-refractivity contribution in [1.29, 1.82) is 10.5 Å². The Kier molecular flexibility index (Phi) is 5.73. The van der Waals surface area contributed by atoms with E-state index in [1.54, 1.807) is 36.4 Å². The van der Waals surface area contributed by atoms with Gasteiger partial charge in [0.15, 0.2) is 0 Å². The standard InChI is InChI=1S/C18H12BrN3O2/c19-16-8-14(7-15(10-21)18(22)23)5-6-17(16)24-11-13-3-1-12(9-20)2-4-13/h1-8H,11H2,(H2,22,23)/b15-7+. The van der Waals surface area contributed by atoms with Gasteiger partial charge in [-0.15, -0.1) is 0 Å². The van der Waals surface area contributed by atoms with Crippen LogP contribution in [0.3, 0.4) is 0 Å². The number of hydrogen-bond acceptors (Lipinski definition) is 4. The molecular weight excluding hydrogens is 370 g/mol. The topological polar surface area (TPSA) is 99.9 Å². The number of carbonyl (C=O) groups is 1. The number of amides is 1. The molecule has 0 aromatic heterocycles. The maximum Gasteiger partial charge on any atom is 0.259 e. The van der Waals surface area contributed by atoms with E-state index in [2.05, 4.69) is 22.0 Å². The van der Waals surface area contributed by atoms with E-state index >= 15 is 0 Å². The first-order valence-corrected chi connectivity index (χ1v) is 7.66. The number of nitrogens with zero attached hydrogens (tertiary/aromatic N) is 2. The lowest BCUT2D eigenvalue weighted by atomic mass is 10.1. The van der Waals surface area contributed by atoms with Gasteiger partial charge >= 0.3 is 0 Å². The van der Waals surface area contributed by atoms with Crippen molar-refractivity contribution in [3.8, 4) is 17.9 Å².